The highest BCUT2D eigenvalue weighted by molar-refractivity contribution is 5.75. The molecule has 1 rings (SSSR count). The van der Waals surface area contributed by atoms with Gasteiger partial charge in [0.1, 0.15) is 0 Å². The fraction of sp³-hybridized carbons (Fsp3) is 0.462. The Balaban J connectivity index is 2.68. The highest BCUT2D eigenvalue weighted by Crippen LogP contribution is 2.30. The summed E-state index contributed by atoms with van der Waals surface area (Å²) in [5, 5.41) is 12.0. The Hall–Kier alpha value is -1.75. The van der Waals surface area contributed by atoms with E-state index in [1.165, 1.54) is 7.11 Å². The number of benzene rings is 1. The summed E-state index contributed by atoms with van der Waals surface area (Å²) in [5.41, 5.74) is 0.755. The Kier molecular flexibility index (Phi) is 5.45. The summed E-state index contributed by atoms with van der Waals surface area (Å²) in [7, 11) is 3.12. The molecule has 1 atom stereocenters. The number of nitrogens with one attached hydrogen (secondary N) is 1. The van der Waals surface area contributed by atoms with Crippen LogP contribution in [0.25, 0.3) is 0 Å². The molecule has 0 radical (unpaired) electrons. The first kappa shape index (κ1) is 14.3. The Morgan fingerprint density at radius 1 is 1.44 bits per heavy atom. The molecule has 1 aromatic carbocycles. The molecule has 5 heteroatoms. The standard InChI is InChI=1S/C13H19NO4/c1-9(15)10-4-5-11(12(8-10)17-3)18-7-6-13(16)14-2/h4-5,8-9,15H,6-7H2,1-3H3,(H,14,16)/t9-/m1/s1. The lowest BCUT2D eigenvalue weighted by molar-refractivity contribution is -0.121. The van der Waals surface area contributed by atoms with Gasteiger partial charge in [-0.25, -0.2) is 0 Å². The molecule has 0 unspecified atom stereocenters. The van der Waals surface area contributed by atoms with Crippen molar-refractivity contribution in [1.82, 2.24) is 5.32 Å². The van der Waals surface area contributed by atoms with Crippen LogP contribution in [0, 0.1) is 0 Å². The molecular formula is C13H19NO4. The predicted octanol–water partition coefficient (Wildman–Crippen LogP) is 1.26. The smallest absolute Gasteiger partial charge is 0.223 e. The zero-order valence-electron chi connectivity index (χ0n) is 10.9. The van der Waals surface area contributed by atoms with Crippen molar-refractivity contribution < 1.29 is 19.4 Å². The van der Waals surface area contributed by atoms with Gasteiger partial charge in [0.05, 0.1) is 26.2 Å². The molecule has 0 bridgehead atoms. The van der Waals surface area contributed by atoms with Gasteiger partial charge in [0, 0.05) is 7.05 Å². The first-order chi connectivity index (χ1) is 8.58. The monoisotopic (exact) mass is 253 g/mol. The second kappa shape index (κ2) is 6.86. The molecule has 1 amide bonds. The molecule has 0 aliphatic heterocycles. The maximum atomic E-state index is 11.0. The molecule has 1 aromatic rings. The van der Waals surface area contributed by atoms with Crippen LogP contribution in [0.5, 0.6) is 11.5 Å². The molecule has 0 saturated carbocycles. The Morgan fingerprint density at radius 3 is 2.72 bits per heavy atom. The second-order valence-corrected chi connectivity index (χ2v) is 3.86. The fourth-order valence-corrected chi connectivity index (χ4v) is 1.44. The molecule has 0 heterocycles. The van der Waals surface area contributed by atoms with Crippen LogP contribution in [0.1, 0.15) is 25.0 Å². The van der Waals surface area contributed by atoms with Crippen molar-refractivity contribution in [3.8, 4) is 11.5 Å². The van der Waals surface area contributed by atoms with Gasteiger partial charge in [-0.15, -0.1) is 0 Å². The van der Waals surface area contributed by atoms with Crippen LogP contribution in [0.15, 0.2) is 18.2 Å². The lowest BCUT2D eigenvalue weighted by atomic mass is 10.1. The van der Waals surface area contributed by atoms with Gasteiger partial charge < -0.3 is 19.9 Å². The summed E-state index contributed by atoms with van der Waals surface area (Å²) in [6.07, 6.45) is -0.267. The van der Waals surface area contributed by atoms with Gasteiger partial charge in [-0.2, -0.15) is 0 Å². The molecule has 5 nitrogen and oxygen atoms in total. The van der Waals surface area contributed by atoms with E-state index in [0.29, 0.717) is 11.5 Å². The number of rotatable bonds is 6. The summed E-state index contributed by atoms with van der Waals surface area (Å²) in [4.78, 5) is 11.0. The molecule has 0 saturated heterocycles. The Bertz CT molecular complexity index is 404. The van der Waals surface area contributed by atoms with Gasteiger partial charge in [-0.3, -0.25) is 4.79 Å². The topological polar surface area (TPSA) is 67.8 Å². The van der Waals surface area contributed by atoms with Gasteiger partial charge in [0.25, 0.3) is 0 Å². The largest absolute Gasteiger partial charge is 0.493 e. The van der Waals surface area contributed by atoms with E-state index in [2.05, 4.69) is 5.32 Å². The van der Waals surface area contributed by atoms with E-state index in [9.17, 15) is 9.90 Å². The normalized spacial score (nSPS) is 11.8. The fourth-order valence-electron chi connectivity index (χ4n) is 1.44. The van der Waals surface area contributed by atoms with Crippen LogP contribution in [-0.2, 0) is 4.79 Å². The number of aliphatic hydroxyl groups is 1. The van der Waals surface area contributed by atoms with Crippen molar-refractivity contribution in [2.75, 3.05) is 20.8 Å². The van der Waals surface area contributed by atoms with Gasteiger partial charge in [0.15, 0.2) is 11.5 Å². The molecule has 18 heavy (non-hydrogen) atoms. The number of ether oxygens (including phenoxy) is 2. The maximum absolute atomic E-state index is 11.0. The van der Waals surface area contributed by atoms with Gasteiger partial charge >= 0.3 is 0 Å². The molecule has 0 aromatic heterocycles. The number of amides is 1. The highest BCUT2D eigenvalue weighted by atomic mass is 16.5. The molecule has 100 valence electrons. The quantitative estimate of drug-likeness (QED) is 0.801. The average Bonchev–Trinajstić information content (AvgIpc) is 2.38. The zero-order chi connectivity index (χ0) is 13.5. The predicted molar refractivity (Wildman–Crippen MR) is 67.8 cm³/mol. The van der Waals surface area contributed by atoms with Crippen LogP contribution in [-0.4, -0.2) is 31.8 Å². The summed E-state index contributed by atoms with van der Waals surface area (Å²) < 4.78 is 10.7. The Morgan fingerprint density at radius 2 is 2.17 bits per heavy atom. The van der Waals surface area contributed by atoms with E-state index < -0.39 is 6.10 Å². The Labute approximate surface area is 107 Å². The minimum atomic E-state index is -0.557. The van der Waals surface area contributed by atoms with Crippen LogP contribution in [0.3, 0.4) is 0 Å². The van der Waals surface area contributed by atoms with Crippen molar-refractivity contribution in [3.63, 3.8) is 0 Å². The summed E-state index contributed by atoms with van der Waals surface area (Å²) >= 11 is 0. The second-order valence-electron chi connectivity index (χ2n) is 3.86. The third-order valence-electron chi connectivity index (χ3n) is 2.54. The number of carbonyl (C=O) groups is 1. The van der Waals surface area contributed by atoms with Gasteiger partial charge in [-0.1, -0.05) is 6.07 Å². The van der Waals surface area contributed by atoms with E-state index in [1.54, 1.807) is 32.2 Å². The molecule has 0 aliphatic carbocycles. The van der Waals surface area contributed by atoms with E-state index in [-0.39, 0.29) is 18.9 Å². The number of hydrogen-bond donors (Lipinski definition) is 2. The average molecular weight is 253 g/mol. The number of methoxy groups -OCH3 is 1. The maximum Gasteiger partial charge on any atom is 0.223 e. The minimum absolute atomic E-state index is 0.0745. The highest BCUT2D eigenvalue weighted by Gasteiger charge is 2.09. The molecule has 0 aliphatic rings. The molecule has 0 spiro atoms. The van der Waals surface area contributed by atoms with E-state index in [1.807, 2.05) is 0 Å². The summed E-state index contributed by atoms with van der Waals surface area (Å²) in [5.74, 6) is 1.03. The number of hydrogen-bond acceptors (Lipinski definition) is 4. The lowest BCUT2D eigenvalue weighted by Crippen LogP contribution is -2.20. The summed E-state index contributed by atoms with van der Waals surface area (Å²) in [6, 6.07) is 5.22. The van der Waals surface area contributed by atoms with Crippen molar-refractivity contribution in [1.29, 1.82) is 0 Å². The van der Waals surface area contributed by atoms with Crippen LogP contribution >= 0.6 is 0 Å². The molecule has 2 N–H and O–H groups in total. The first-order valence-corrected chi connectivity index (χ1v) is 5.78. The number of carbonyl (C=O) groups excluding carboxylic acids is 1. The third-order valence-corrected chi connectivity index (χ3v) is 2.54. The van der Waals surface area contributed by atoms with E-state index >= 15 is 0 Å². The molecular weight excluding hydrogens is 234 g/mol. The number of aliphatic hydroxyl groups excluding tert-OH is 1. The van der Waals surface area contributed by atoms with E-state index in [0.717, 1.165) is 5.56 Å². The van der Waals surface area contributed by atoms with Crippen molar-refractivity contribution in [3.05, 3.63) is 23.8 Å². The van der Waals surface area contributed by atoms with Crippen LogP contribution < -0.4 is 14.8 Å². The SMILES string of the molecule is CNC(=O)CCOc1ccc([C@@H](C)O)cc1OC. The van der Waals surface area contributed by atoms with Crippen LogP contribution in [0.2, 0.25) is 0 Å². The van der Waals surface area contributed by atoms with Crippen molar-refractivity contribution in [2.45, 2.75) is 19.4 Å². The lowest BCUT2D eigenvalue weighted by Gasteiger charge is -2.13. The van der Waals surface area contributed by atoms with Gasteiger partial charge in [0.2, 0.25) is 5.91 Å². The first-order valence-electron chi connectivity index (χ1n) is 5.78. The van der Waals surface area contributed by atoms with Crippen molar-refractivity contribution >= 4 is 5.91 Å². The minimum Gasteiger partial charge on any atom is -0.493 e. The van der Waals surface area contributed by atoms with Gasteiger partial charge in [-0.05, 0) is 24.6 Å². The third kappa shape index (κ3) is 3.92. The zero-order valence-corrected chi connectivity index (χ0v) is 10.9. The van der Waals surface area contributed by atoms with Crippen LogP contribution in [0.4, 0.5) is 0 Å². The van der Waals surface area contributed by atoms with E-state index in [4.69, 9.17) is 9.47 Å². The summed E-state index contributed by atoms with van der Waals surface area (Å²) in [6.45, 7) is 1.96. The van der Waals surface area contributed by atoms with Crippen molar-refractivity contribution in [2.24, 2.45) is 0 Å². The molecule has 0 fully saturated rings.